The number of fused-ring (bicyclic) bond motifs is 1. The fourth-order valence-corrected chi connectivity index (χ4v) is 4.34. The summed E-state index contributed by atoms with van der Waals surface area (Å²) in [6, 6.07) is 4.84. The van der Waals surface area contributed by atoms with E-state index in [2.05, 4.69) is 9.80 Å². The average molecular weight is 462 g/mol. The van der Waals surface area contributed by atoms with Gasteiger partial charge in [-0.3, -0.25) is 4.90 Å². The SMILES string of the molecule is CCOn1c(OS(C)(=O)=O)c(CN2CCN(C)CC2)c2c(OS(C)(=O)=O)cccc21. The molecule has 3 rings (SSSR count). The highest BCUT2D eigenvalue weighted by atomic mass is 32.2. The first-order valence-electron chi connectivity index (χ1n) is 9.48. The van der Waals surface area contributed by atoms with Gasteiger partial charge in [0.1, 0.15) is 6.61 Å². The van der Waals surface area contributed by atoms with Gasteiger partial charge in [0.05, 0.1) is 23.4 Å². The first-order valence-corrected chi connectivity index (χ1v) is 13.1. The summed E-state index contributed by atoms with van der Waals surface area (Å²) in [6.07, 6.45) is 1.91. The van der Waals surface area contributed by atoms with Crippen LogP contribution in [0.4, 0.5) is 0 Å². The van der Waals surface area contributed by atoms with E-state index in [9.17, 15) is 16.8 Å². The average Bonchev–Trinajstić information content (AvgIpc) is 2.89. The Bertz CT molecular complexity index is 1120. The van der Waals surface area contributed by atoms with E-state index in [0.717, 1.165) is 38.7 Å². The van der Waals surface area contributed by atoms with Gasteiger partial charge in [0.25, 0.3) is 5.88 Å². The Morgan fingerprint density at radius 1 is 0.967 bits per heavy atom. The zero-order valence-electron chi connectivity index (χ0n) is 17.5. The molecule has 0 atom stereocenters. The van der Waals surface area contributed by atoms with E-state index in [4.69, 9.17) is 13.2 Å². The smallest absolute Gasteiger partial charge is 0.307 e. The summed E-state index contributed by atoms with van der Waals surface area (Å²) >= 11 is 0. The summed E-state index contributed by atoms with van der Waals surface area (Å²) in [6.45, 7) is 5.61. The molecule has 1 aromatic heterocycles. The predicted octanol–water partition coefficient (Wildman–Crippen LogP) is 0.514. The Hall–Kier alpha value is -2.02. The van der Waals surface area contributed by atoms with Gasteiger partial charge < -0.3 is 18.1 Å². The molecule has 0 N–H and O–H groups in total. The molecule has 1 aliphatic heterocycles. The van der Waals surface area contributed by atoms with E-state index < -0.39 is 20.2 Å². The van der Waals surface area contributed by atoms with Crippen molar-refractivity contribution in [2.45, 2.75) is 13.5 Å². The maximum Gasteiger partial charge on any atom is 0.307 e. The maximum absolute atomic E-state index is 12.0. The van der Waals surface area contributed by atoms with E-state index in [0.29, 0.717) is 23.0 Å². The van der Waals surface area contributed by atoms with Crippen molar-refractivity contribution >= 4 is 31.1 Å². The van der Waals surface area contributed by atoms with E-state index in [1.807, 2.05) is 7.05 Å². The van der Waals surface area contributed by atoms with Gasteiger partial charge in [-0.1, -0.05) is 6.07 Å². The minimum atomic E-state index is -3.87. The number of nitrogens with zero attached hydrogens (tertiary/aromatic N) is 3. The van der Waals surface area contributed by atoms with E-state index in [-0.39, 0.29) is 18.2 Å². The molecule has 0 amide bonds. The van der Waals surface area contributed by atoms with Crippen molar-refractivity contribution in [1.82, 2.24) is 14.5 Å². The van der Waals surface area contributed by atoms with Crippen molar-refractivity contribution in [2.75, 3.05) is 52.3 Å². The molecule has 2 heterocycles. The monoisotopic (exact) mass is 461 g/mol. The molecule has 2 aromatic rings. The largest absolute Gasteiger partial charge is 0.411 e. The molecular weight excluding hydrogens is 434 g/mol. The van der Waals surface area contributed by atoms with Gasteiger partial charge in [0.2, 0.25) is 0 Å². The van der Waals surface area contributed by atoms with E-state index in [1.54, 1.807) is 19.1 Å². The normalized spacial score (nSPS) is 16.7. The zero-order valence-corrected chi connectivity index (χ0v) is 19.1. The zero-order chi connectivity index (χ0) is 22.1. The summed E-state index contributed by atoms with van der Waals surface area (Å²) in [5.74, 6) is 0.0914. The van der Waals surface area contributed by atoms with Crippen molar-refractivity contribution in [3.63, 3.8) is 0 Å². The van der Waals surface area contributed by atoms with Crippen LogP contribution in [0.2, 0.25) is 0 Å². The molecule has 1 fully saturated rings. The lowest BCUT2D eigenvalue weighted by atomic mass is 10.1. The quantitative estimate of drug-likeness (QED) is 0.520. The van der Waals surface area contributed by atoms with Crippen molar-refractivity contribution in [2.24, 2.45) is 0 Å². The Morgan fingerprint density at radius 2 is 1.60 bits per heavy atom. The van der Waals surface area contributed by atoms with Crippen LogP contribution in [-0.2, 0) is 26.8 Å². The number of hydrogen-bond acceptors (Lipinski definition) is 9. The van der Waals surface area contributed by atoms with Gasteiger partial charge in [-0.2, -0.15) is 16.8 Å². The first-order chi connectivity index (χ1) is 14.0. The standard InChI is InChI=1S/C18H27N3O7S2/c1-5-26-21-15-7-6-8-16(27-29(3,22)23)17(15)14(18(21)28-30(4,24)25)13-20-11-9-19(2)10-12-20/h6-8H,5,9-13H2,1-4H3. The molecule has 168 valence electrons. The van der Waals surface area contributed by atoms with Crippen LogP contribution in [0.25, 0.3) is 10.9 Å². The van der Waals surface area contributed by atoms with Crippen molar-refractivity contribution in [3.05, 3.63) is 23.8 Å². The Balaban J connectivity index is 2.22. The number of benzene rings is 1. The summed E-state index contributed by atoms with van der Waals surface area (Å²) in [5, 5.41) is 0.439. The van der Waals surface area contributed by atoms with Crippen LogP contribution in [0.5, 0.6) is 11.6 Å². The molecule has 1 aromatic carbocycles. The number of rotatable bonds is 8. The third kappa shape index (κ3) is 5.36. The second kappa shape index (κ2) is 8.61. The molecule has 10 nitrogen and oxygen atoms in total. The molecule has 30 heavy (non-hydrogen) atoms. The van der Waals surface area contributed by atoms with Crippen LogP contribution in [0.1, 0.15) is 12.5 Å². The topological polar surface area (TPSA) is 107 Å². The summed E-state index contributed by atoms with van der Waals surface area (Å²) in [5.41, 5.74) is 0.952. The molecule has 0 spiro atoms. The molecule has 1 aliphatic rings. The van der Waals surface area contributed by atoms with Gasteiger partial charge >= 0.3 is 20.2 Å². The molecule has 0 unspecified atom stereocenters. The van der Waals surface area contributed by atoms with Crippen molar-refractivity contribution < 1.29 is 30.0 Å². The number of hydrogen-bond donors (Lipinski definition) is 0. The Morgan fingerprint density at radius 3 is 2.17 bits per heavy atom. The Kier molecular flexibility index (Phi) is 6.51. The number of likely N-dealkylation sites (N-methyl/N-ethyl adjacent to an activating group) is 1. The lowest BCUT2D eigenvalue weighted by molar-refractivity contribution is 0.116. The number of piperazine rings is 1. The molecule has 0 saturated carbocycles. The molecule has 0 radical (unpaired) electrons. The predicted molar refractivity (Wildman–Crippen MR) is 113 cm³/mol. The number of aromatic nitrogens is 1. The minimum absolute atomic E-state index is 0.00201. The lowest BCUT2D eigenvalue weighted by Crippen LogP contribution is -2.43. The molecule has 1 saturated heterocycles. The molecule has 0 bridgehead atoms. The van der Waals surface area contributed by atoms with Crippen LogP contribution >= 0.6 is 0 Å². The van der Waals surface area contributed by atoms with Crippen molar-refractivity contribution in [1.29, 1.82) is 0 Å². The van der Waals surface area contributed by atoms with E-state index >= 15 is 0 Å². The highest BCUT2D eigenvalue weighted by molar-refractivity contribution is 7.86. The van der Waals surface area contributed by atoms with Crippen LogP contribution in [0, 0.1) is 0 Å². The fourth-order valence-electron chi connectivity index (χ4n) is 3.42. The van der Waals surface area contributed by atoms with Crippen LogP contribution < -0.4 is 13.2 Å². The Labute approximate surface area is 177 Å². The van der Waals surface area contributed by atoms with Gasteiger partial charge in [-0.15, -0.1) is 4.73 Å². The fraction of sp³-hybridized carbons (Fsp3) is 0.556. The highest BCUT2D eigenvalue weighted by Crippen LogP contribution is 2.39. The van der Waals surface area contributed by atoms with Crippen LogP contribution in [-0.4, -0.2) is 83.7 Å². The minimum Gasteiger partial charge on any atom is -0.411 e. The highest BCUT2D eigenvalue weighted by Gasteiger charge is 2.28. The first kappa shape index (κ1) is 22.7. The summed E-state index contributed by atoms with van der Waals surface area (Å²) in [7, 11) is -5.64. The van der Waals surface area contributed by atoms with Crippen LogP contribution in [0.3, 0.4) is 0 Å². The molecule has 0 aliphatic carbocycles. The summed E-state index contributed by atoms with van der Waals surface area (Å²) < 4.78 is 59.5. The second-order valence-corrected chi connectivity index (χ2v) is 10.5. The third-order valence-electron chi connectivity index (χ3n) is 4.67. The second-order valence-electron chi connectivity index (χ2n) is 7.30. The van der Waals surface area contributed by atoms with E-state index in [1.165, 1.54) is 10.8 Å². The molecular formula is C18H27N3O7S2. The van der Waals surface area contributed by atoms with Crippen LogP contribution in [0.15, 0.2) is 18.2 Å². The van der Waals surface area contributed by atoms with Crippen molar-refractivity contribution in [3.8, 4) is 11.6 Å². The van der Waals surface area contributed by atoms with Gasteiger partial charge in [0.15, 0.2) is 5.75 Å². The summed E-state index contributed by atoms with van der Waals surface area (Å²) in [4.78, 5) is 10.0. The van der Waals surface area contributed by atoms with Gasteiger partial charge in [-0.05, 0) is 26.1 Å². The van der Waals surface area contributed by atoms with Gasteiger partial charge in [0, 0.05) is 38.3 Å². The lowest BCUT2D eigenvalue weighted by Gasteiger charge is -2.32. The molecule has 12 heteroatoms. The maximum atomic E-state index is 12.0. The third-order valence-corrected chi connectivity index (χ3v) is 5.62. The van der Waals surface area contributed by atoms with Gasteiger partial charge in [-0.25, -0.2) is 0 Å².